The van der Waals surface area contributed by atoms with E-state index in [0.717, 1.165) is 0 Å². The third kappa shape index (κ3) is 9.35. The molecule has 2 aromatic rings. The number of amides is 4. The number of primary amides is 1. The number of benzene rings is 1. The summed E-state index contributed by atoms with van der Waals surface area (Å²) in [4.78, 5) is 67.8. The molecule has 0 saturated carbocycles. The van der Waals surface area contributed by atoms with Gasteiger partial charge in [-0.3, -0.25) is 19.2 Å². The first-order valence-electron chi connectivity index (χ1n) is 11.3. The maximum Gasteiger partial charge on any atom is 0.326 e. The predicted molar refractivity (Wildman–Crippen MR) is 129 cm³/mol. The molecule has 14 heteroatoms. The molecule has 14 nitrogen and oxygen atoms in total. The van der Waals surface area contributed by atoms with E-state index in [0.29, 0.717) is 11.3 Å². The molecule has 4 amide bonds. The number of carboxylic acid groups (broad SMARTS) is 1. The Labute approximate surface area is 212 Å². The van der Waals surface area contributed by atoms with Crippen LogP contribution in [0.5, 0.6) is 0 Å². The Morgan fingerprint density at radius 2 is 1.62 bits per heavy atom. The summed E-state index contributed by atoms with van der Waals surface area (Å²) in [5.74, 6) is -5.02. The maximum absolute atomic E-state index is 13.2. The largest absolute Gasteiger partial charge is 0.480 e. The van der Waals surface area contributed by atoms with E-state index in [9.17, 15) is 34.2 Å². The Morgan fingerprint density at radius 3 is 2.16 bits per heavy atom. The Morgan fingerprint density at radius 1 is 0.973 bits per heavy atom. The number of H-pyrrole nitrogens is 1. The molecule has 5 atom stereocenters. The van der Waals surface area contributed by atoms with Crippen LogP contribution in [-0.4, -0.2) is 80.1 Å². The quantitative estimate of drug-likeness (QED) is 0.130. The molecule has 1 heterocycles. The van der Waals surface area contributed by atoms with Crippen LogP contribution in [0.1, 0.15) is 24.6 Å². The lowest BCUT2D eigenvalue weighted by Gasteiger charge is -2.26. The van der Waals surface area contributed by atoms with Gasteiger partial charge in [0, 0.05) is 24.7 Å². The number of nitrogens with zero attached hydrogens (tertiary/aromatic N) is 1. The van der Waals surface area contributed by atoms with Crippen LogP contribution in [-0.2, 0) is 36.8 Å². The van der Waals surface area contributed by atoms with Crippen LogP contribution in [0.15, 0.2) is 42.9 Å². The second kappa shape index (κ2) is 13.7. The molecule has 1 aromatic heterocycles. The van der Waals surface area contributed by atoms with Crippen molar-refractivity contribution in [1.29, 1.82) is 0 Å². The third-order valence-corrected chi connectivity index (χ3v) is 5.33. The number of carboxylic acids is 1. The van der Waals surface area contributed by atoms with Gasteiger partial charge in [0.15, 0.2) is 0 Å². The number of aromatic nitrogens is 2. The van der Waals surface area contributed by atoms with E-state index >= 15 is 0 Å². The third-order valence-electron chi connectivity index (χ3n) is 5.33. The average molecular weight is 518 g/mol. The number of nitrogens with two attached hydrogens (primary N) is 2. The molecule has 37 heavy (non-hydrogen) atoms. The number of aromatic amines is 1. The minimum absolute atomic E-state index is 0.0305. The number of carbonyl (C=O) groups is 5. The van der Waals surface area contributed by atoms with Crippen molar-refractivity contribution in [2.24, 2.45) is 11.5 Å². The van der Waals surface area contributed by atoms with Crippen molar-refractivity contribution in [3.8, 4) is 0 Å². The molecule has 0 aliphatic carbocycles. The highest BCUT2D eigenvalue weighted by Crippen LogP contribution is 2.07. The normalized spacial score (nSPS) is 14.9. The van der Waals surface area contributed by atoms with Crippen molar-refractivity contribution < 1.29 is 34.2 Å². The summed E-state index contributed by atoms with van der Waals surface area (Å²) in [7, 11) is 0. The number of aliphatic hydroxyl groups excluding tert-OH is 1. The number of hydrogen-bond acceptors (Lipinski definition) is 8. The molecule has 0 aliphatic heterocycles. The Balaban J connectivity index is 2.18. The summed E-state index contributed by atoms with van der Waals surface area (Å²) >= 11 is 0. The summed E-state index contributed by atoms with van der Waals surface area (Å²) < 4.78 is 0. The van der Waals surface area contributed by atoms with E-state index < -0.39 is 66.3 Å². The monoisotopic (exact) mass is 517 g/mol. The number of aliphatic carboxylic acids is 1. The molecule has 10 N–H and O–H groups in total. The number of hydrogen-bond donors (Lipinski definition) is 8. The van der Waals surface area contributed by atoms with Crippen molar-refractivity contribution in [1.82, 2.24) is 25.9 Å². The van der Waals surface area contributed by atoms with Crippen LogP contribution in [0.2, 0.25) is 0 Å². The van der Waals surface area contributed by atoms with E-state index in [1.54, 1.807) is 30.3 Å². The lowest BCUT2D eigenvalue weighted by atomic mass is 10.0. The molecule has 200 valence electrons. The summed E-state index contributed by atoms with van der Waals surface area (Å²) in [6, 6.07) is 3.24. The van der Waals surface area contributed by atoms with Crippen molar-refractivity contribution in [3.05, 3.63) is 54.1 Å². The molecule has 2 rings (SSSR count). The van der Waals surface area contributed by atoms with E-state index in [2.05, 4.69) is 25.9 Å². The number of aliphatic hydroxyl groups is 1. The SMILES string of the molecule is CC(O)C(NC(=O)C(Cc1ccccc1)NC(=O)C(N)Cc1cnc[nH]1)C(=O)NC(CC(N)=O)C(=O)O. The van der Waals surface area contributed by atoms with Gasteiger partial charge in [0.1, 0.15) is 18.1 Å². The molecular formula is C23H31N7O7. The minimum Gasteiger partial charge on any atom is -0.480 e. The molecule has 0 saturated heterocycles. The van der Waals surface area contributed by atoms with Crippen molar-refractivity contribution in [3.63, 3.8) is 0 Å². The topological polar surface area (TPSA) is 243 Å². The number of nitrogens with one attached hydrogen (secondary N) is 4. The standard InChI is InChI=1S/C23H31N7O7/c1-12(31)19(22(35)29-17(23(36)37)9-18(25)32)30-21(34)16(7-13-5-3-2-4-6-13)28-20(33)15(24)8-14-10-26-11-27-14/h2-6,10-12,15-17,19,31H,7-9,24H2,1H3,(H2,25,32)(H,26,27)(H,28,33)(H,29,35)(H,30,34)(H,36,37). The van der Waals surface area contributed by atoms with Gasteiger partial charge in [-0.15, -0.1) is 0 Å². The Kier molecular flexibility index (Phi) is 10.7. The minimum atomic E-state index is -1.66. The van der Waals surface area contributed by atoms with Gasteiger partial charge < -0.3 is 42.6 Å². The number of carbonyl (C=O) groups excluding carboxylic acids is 4. The first kappa shape index (κ1) is 28.9. The highest BCUT2D eigenvalue weighted by molar-refractivity contribution is 5.95. The summed E-state index contributed by atoms with van der Waals surface area (Å²) in [6.45, 7) is 1.21. The zero-order chi connectivity index (χ0) is 27.5. The van der Waals surface area contributed by atoms with Crippen LogP contribution in [0.3, 0.4) is 0 Å². The lowest BCUT2D eigenvalue weighted by Crippen LogP contribution is -2.60. The van der Waals surface area contributed by atoms with E-state index in [4.69, 9.17) is 11.5 Å². The van der Waals surface area contributed by atoms with Gasteiger partial charge in [-0.1, -0.05) is 30.3 Å². The van der Waals surface area contributed by atoms with Gasteiger partial charge in [-0.05, 0) is 12.5 Å². The molecule has 0 spiro atoms. The second-order valence-electron chi connectivity index (χ2n) is 8.44. The van der Waals surface area contributed by atoms with Gasteiger partial charge in [0.25, 0.3) is 0 Å². The van der Waals surface area contributed by atoms with Crippen LogP contribution < -0.4 is 27.4 Å². The van der Waals surface area contributed by atoms with Crippen molar-refractivity contribution in [2.75, 3.05) is 0 Å². The Bertz CT molecular complexity index is 1080. The second-order valence-corrected chi connectivity index (χ2v) is 8.44. The summed E-state index contributed by atoms with van der Waals surface area (Å²) in [5.41, 5.74) is 12.3. The zero-order valence-electron chi connectivity index (χ0n) is 20.1. The fourth-order valence-electron chi connectivity index (χ4n) is 3.39. The lowest BCUT2D eigenvalue weighted by molar-refractivity contribution is -0.144. The molecule has 1 aromatic carbocycles. The van der Waals surface area contributed by atoms with E-state index in [-0.39, 0.29) is 12.8 Å². The van der Waals surface area contributed by atoms with E-state index in [1.165, 1.54) is 19.4 Å². The van der Waals surface area contributed by atoms with Gasteiger partial charge >= 0.3 is 5.97 Å². The summed E-state index contributed by atoms with van der Waals surface area (Å²) in [6.07, 6.45) is 0.954. The first-order valence-corrected chi connectivity index (χ1v) is 11.3. The van der Waals surface area contributed by atoms with Crippen LogP contribution >= 0.6 is 0 Å². The predicted octanol–water partition coefficient (Wildman–Crippen LogP) is -2.68. The first-order chi connectivity index (χ1) is 17.5. The van der Waals surface area contributed by atoms with Crippen molar-refractivity contribution in [2.45, 2.75) is 56.5 Å². The fourth-order valence-corrected chi connectivity index (χ4v) is 3.39. The van der Waals surface area contributed by atoms with Crippen LogP contribution in [0.4, 0.5) is 0 Å². The number of rotatable bonds is 14. The smallest absolute Gasteiger partial charge is 0.326 e. The van der Waals surface area contributed by atoms with Gasteiger partial charge in [0.2, 0.25) is 23.6 Å². The Hall–Kier alpha value is -4.30. The van der Waals surface area contributed by atoms with Crippen LogP contribution in [0, 0.1) is 0 Å². The molecular weight excluding hydrogens is 486 g/mol. The maximum atomic E-state index is 13.2. The highest BCUT2D eigenvalue weighted by Gasteiger charge is 2.33. The molecule has 0 radical (unpaired) electrons. The molecule has 5 unspecified atom stereocenters. The molecule has 0 aliphatic rings. The molecule has 0 bridgehead atoms. The van der Waals surface area contributed by atoms with Crippen LogP contribution in [0.25, 0.3) is 0 Å². The van der Waals surface area contributed by atoms with Gasteiger partial charge in [0.05, 0.1) is 24.9 Å². The number of imidazole rings is 1. The van der Waals surface area contributed by atoms with Gasteiger partial charge in [-0.2, -0.15) is 0 Å². The highest BCUT2D eigenvalue weighted by atomic mass is 16.4. The summed E-state index contributed by atoms with van der Waals surface area (Å²) in [5, 5.41) is 26.3. The van der Waals surface area contributed by atoms with E-state index in [1.807, 2.05) is 0 Å². The zero-order valence-corrected chi connectivity index (χ0v) is 20.1. The van der Waals surface area contributed by atoms with Gasteiger partial charge in [-0.25, -0.2) is 9.78 Å². The average Bonchev–Trinajstić information content (AvgIpc) is 3.34. The fraction of sp³-hybridized carbons (Fsp3) is 0.391. The van der Waals surface area contributed by atoms with Crippen molar-refractivity contribution >= 4 is 29.6 Å². The molecule has 0 fully saturated rings.